The molecule has 0 heterocycles. The molecular weight excluding hydrogens is 438 g/mol. The van der Waals surface area contributed by atoms with E-state index in [-0.39, 0.29) is 56.9 Å². The highest BCUT2D eigenvalue weighted by molar-refractivity contribution is 5.95. The molecule has 0 spiro atoms. The van der Waals surface area contributed by atoms with Gasteiger partial charge >= 0.3 is 5.97 Å². The van der Waals surface area contributed by atoms with Crippen molar-refractivity contribution < 1.29 is 19.8 Å². The Labute approximate surface area is 212 Å². The molecule has 0 aromatic carbocycles. The van der Waals surface area contributed by atoms with Crippen LogP contribution >= 0.6 is 0 Å². The summed E-state index contributed by atoms with van der Waals surface area (Å²) in [6.45, 7) is 15.8. The molecule has 0 aromatic heterocycles. The normalized spacial score (nSPS) is 52.6. The van der Waals surface area contributed by atoms with E-state index in [0.29, 0.717) is 12.3 Å². The molecule has 0 amide bonds. The second kappa shape index (κ2) is 7.66. The predicted molar refractivity (Wildman–Crippen MR) is 138 cm³/mol. The summed E-state index contributed by atoms with van der Waals surface area (Å²) in [5, 5.41) is 20.9. The number of hydrogen-bond donors (Lipinski definition) is 3. The van der Waals surface area contributed by atoms with Gasteiger partial charge in [-0.1, -0.05) is 47.1 Å². The molecular formula is C30H49NO4. The number of aliphatic hydroxyl groups excluding tert-OH is 1. The number of allylic oxidation sites excluding steroid dienone is 2. The third kappa shape index (κ3) is 3.19. The maximum atomic E-state index is 14.2. The molecule has 5 heteroatoms. The number of hydrogen-bond acceptors (Lipinski definition) is 4. The van der Waals surface area contributed by atoms with Gasteiger partial charge in [0, 0.05) is 5.92 Å². The van der Waals surface area contributed by atoms with Crippen molar-refractivity contribution in [3.63, 3.8) is 0 Å². The van der Waals surface area contributed by atoms with Crippen LogP contribution in [0, 0.1) is 50.2 Å². The Morgan fingerprint density at radius 2 is 1.54 bits per heavy atom. The van der Waals surface area contributed by atoms with Gasteiger partial charge in [-0.25, -0.2) is 0 Å². The van der Waals surface area contributed by atoms with Crippen molar-refractivity contribution in [2.24, 2.45) is 50.2 Å². The van der Waals surface area contributed by atoms with Gasteiger partial charge in [-0.05, 0) is 110 Å². The van der Waals surface area contributed by atoms with E-state index >= 15 is 0 Å². The Morgan fingerprint density at radius 1 is 0.914 bits per heavy atom. The van der Waals surface area contributed by atoms with Crippen molar-refractivity contribution in [2.75, 3.05) is 0 Å². The molecule has 0 aromatic rings. The standard InChI is InChI=1S/C30H46O4.H3N/c1-25(2)21-8-11-30(7)23(28(21,5)10-9-22(25)32)20(31)16-18-19-17-27(4,24(33)34)13-12-26(19,3)14-15-29(18,30)6;/h16,19,21-23,32H,8-15,17H2,1-7H3,(H,33,34);1H3. The molecule has 0 radical (unpaired) electrons. The summed E-state index contributed by atoms with van der Waals surface area (Å²) in [5.41, 5.74) is 0.142. The van der Waals surface area contributed by atoms with E-state index < -0.39 is 11.4 Å². The van der Waals surface area contributed by atoms with Crippen molar-refractivity contribution in [1.29, 1.82) is 0 Å². The van der Waals surface area contributed by atoms with Crippen LogP contribution in [0.5, 0.6) is 0 Å². The zero-order valence-electron chi connectivity index (χ0n) is 23.2. The maximum Gasteiger partial charge on any atom is 0.309 e. The smallest absolute Gasteiger partial charge is 0.309 e. The van der Waals surface area contributed by atoms with Gasteiger partial charge in [-0.2, -0.15) is 0 Å². The van der Waals surface area contributed by atoms with Crippen molar-refractivity contribution in [3.05, 3.63) is 11.6 Å². The van der Waals surface area contributed by atoms with E-state index in [1.807, 2.05) is 13.0 Å². The fourth-order valence-electron chi connectivity index (χ4n) is 10.4. The minimum absolute atomic E-state index is 0. The number of aliphatic hydroxyl groups is 1. The van der Waals surface area contributed by atoms with Gasteiger partial charge < -0.3 is 16.4 Å². The van der Waals surface area contributed by atoms with Crippen molar-refractivity contribution in [2.45, 2.75) is 112 Å². The molecule has 198 valence electrons. The van der Waals surface area contributed by atoms with E-state index in [9.17, 15) is 19.8 Å². The second-order valence-electron chi connectivity index (χ2n) is 14.9. The first-order valence-corrected chi connectivity index (χ1v) is 13.7. The monoisotopic (exact) mass is 487 g/mol. The lowest BCUT2D eigenvalue weighted by Crippen LogP contribution is -2.66. The Balaban J connectivity index is 0.00000289. The molecule has 5 rings (SSSR count). The van der Waals surface area contributed by atoms with E-state index in [2.05, 4.69) is 41.5 Å². The minimum Gasteiger partial charge on any atom is -0.481 e. The van der Waals surface area contributed by atoms with Crippen LogP contribution in [-0.4, -0.2) is 28.1 Å². The molecule has 0 bridgehead atoms. The zero-order chi connectivity index (χ0) is 25.1. The van der Waals surface area contributed by atoms with Crippen LogP contribution in [-0.2, 0) is 9.59 Å². The van der Waals surface area contributed by atoms with Crippen molar-refractivity contribution >= 4 is 11.8 Å². The highest BCUT2D eigenvalue weighted by Gasteiger charge is 2.70. The van der Waals surface area contributed by atoms with Crippen LogP contribution in [0.25, 0.3) is 0 Å². The second-order valence-corrected chi connectivity index (χ2v) is 14.9. The van der Waals surface area contributed by atoms with Gasteiger partial charge in [-0.15, -0.1) is 0 Å². The fraction of sp³-hybridized carbons (Fsp3) is 0.867. The summed E-state index contributed by atoms with van der Waals surface area (Å²) in [7, 11) is 0. The first-order valence-electron chi connectivity index (χ1n) is 13.7. The molecule has 0 aliphatic heterocycles. The predicted octanol–water partition coefficient (Wildman–Crippen LogP) is 6.57. The fourth-order valence-corrected chi connectivity index (χ4v) is 10.4. The van der Waals surface area contributed by atoms with Crippen LogP contribution < -0.4 is 6.15 Å². The van der Waals surface area contributed by atoms with Crippen LogP contribution in [0.3, 0.4) is 0 Å². The Hall–Kier alpha value is -1.20. The summed E-state index contributed by atoms with van der Waals surface area (Å²) in [6, 6.07) is 0. The van der Waals surface area contributed by atoms with E-state index in [0.717, 1.165) is 51.4 Å². The third-order valence-electron chi connectivity index (χ3n) is 13.1. The van der Waals surface area contributed by atoms with Crippen LogP contribution in [0.15, 0.2) is 11.6 Å². The summed E-state index contributed by atoms with van der Waals surface area (Å²) < 4.78 is 0. The van der Waals surface area contributed by atoms with Gasteiger partial charge in [-0.3, -0.25) is 9.59 Å². The van der Waals surface area contributed by atoms with Crippen LogP contribution in [0.4, 0.5) is 0 Å². The number of rotatable bonds is 1. The van der Waals surface area contributed by atoms with Gasteiger partial charge in [0.1, 0.15) is 0 Å². The summed E-state index contributed by atoms with van der Waals surface area (Å²) in [5.74, 6) is 0.0603. The summed E-state index contributed by atoms with van der Waals surface area (Å²) in [4.78, 5) is 26.4. The number of aliphatic carboxylic acids is 1. The highest BCUT2D eigenvalue weighted by atomic mass is 16.4. The molecule has 5 aliphatic carbocycles. The number of ketones is 1. The van der Waals surface area contributed by atoms with Crippen LogP contribution in [0.2, 0.25) is 0 Å². The molecule has 35 heavy (non-hydrogen) atoms. The quantitative estimate of drug-likeness (QED) is 0.387. The minimum atomic E-state index is -0.711. The SMILES string of the molecule is CC1(C(=O)O)CCC2(C)CCC3(C)C(=CC(=O)C4C5(C)CCC(O)C(C)(C)C5CCC43C)C2C1.N. The number of carbonyl (C=O) groups is 2. The molecule has 4 saturated carbocycles. The maximum absolute atomic E-state index is 14.2. The first-order chi connectivity index (χ1) is 15.6. The number of carboxylic acid groups (broad SMARTS) is 1. The Morgan fingerprint density at radius 3 is 2.17 bits per heavy atom. The Kier molecular flexibility index (Phi) is 5.88. The molecule has 0 saturated heterocycles. The van der Waals surface area contributed by atoms with Crippen molar-refractivity contribution in [1.82, 2.24) is 6.15 Å². The van der Waals surface area contributed by atoms with Gasteiger partial charge in [0.2, 0.25) is 0 Å². The lowest BCUT2D eigenvalue weighted by Gasteiger charge is -2.70. The highest BCUT2D eigenvalue weighted by Crippen LogP contribution is 2.75. The van der Waals surface area contributed by atoms with Gasteiger partial charge in [0.15, 0.2) is 5.78 Å². The van der Waals surface area contributed by atoms with Gasteiger partial charge in [0.05, 0.1) is 11.5 Å². The topological polar surface area (TPSA) is 110 Å². The average molecular weight is 488 g/mol. The first kappa shape index (κ1) is 26.9. The average Bonchev–Trinajstić information content (AvgIpc) is 2.73. The molecule has 5 N–H and O–H groups in total. The third-order valence-corrected chi connectivity index (χ3v) is 13.1. The summed E-state index contributed by atoms with van der Waals surface area (Å²) in [6.07, 6.45) is 9.95. The molecule has 9 atom stereocenters. The molecule has 5 nitrogen and oxygen atoms in total. The number of carboxylic acids is 1. The number of carbonyl (C=O) groups excluding carboxylic acids is 1. The van der Waals surface area contributed by atoms with E-state index in [4.69, 9.17) is 0 Å². The lowest BCUT2D eigenvalue weighted by atomic mass is 9.33. The van der Waals surface area contributed by atoms with Crippen LogP contribution in [0.1, 0.15) is 106 Å². The van der Waals surface area contributed by atoms with E-state index in [1.165, 1.54) is 5.57 Å². The summed E-state index contributed by atoms with van der Waals surface area (Å²) >= 11 is 0. The molecule has 5 aliphatic rings. The van der Waals surface area contributed by atoms with Crippen molar-refractivity contribution in [3.8, 4) is 0 Å². The number of fused-ring (bicyclic) bond motifs is 7. The molecule has 4 fully saturated rings. The Bertz CT molecular complexity index is 971. The lowest BCUT2D eigenvalue weighted by molar-refractivity contribution is -0.202. The molecule has 9 unspecified atom stereocenters. The zero-order valence-corrected chi connectivity index (χ0v) is 23.2. The van der Waals surface area contributed by atoms with Gasteiger partial charge in [0.25, 0.3) is 0 Å². The van der Waals surface area contributed by atoms with E-state index in [1.54, 1.807) is 0 Å². The largest absolute Gasteiger partial charge is 0.481 e.